The molecular weight excluding hydrogens is 238 g/mol. The second kappa shape index (κ2) is 5.76. The van der Waals surface area contributed by atoms with Gasteiger partial charge >= 0.3 is 5.97 Å². The van der Waals surface area contributed by atoms with Crippen molar-refractivity contribution in [3.63, 3.8) is 0 Å². The molecule has 0 aromatic carbocycles. The Morgan fingerprint density at radius 1 is 1.53 bits per heavy atom. The van der Waals surface area contributed by atoms with E-state index in [0.717, 1.165) is 18.6 Å². The van der Waals surface area contributed by atoms with E-state index in [1.165, 1.54) is 0 Å². The minimum atomic E-state index is -0.847. The van der Waals surface area contributed by atoms with Gasteiger partial charge in [-0.15, -0.1) is 11.8 Å². The van der Waals surface area contributed by atoms with Gasteiger partial charge in [0.1, 0.15) is 0 Å². The second-order valence-electron chi connectivity index (χ2n) is 4.77. The first-order chi connectivity index (χ1) is 7.90. The van der Waals surface area contributed by atoms with Gasteiger partial charge in [-0.25, -0.2) is 0 Å². The maximum atomic E-state index is 12.4. The largest absolute Gasteiger partial charge is 0.481 e. The molecule has 0 aromatic rings. The molecule has 0 aromatic heterocycles. The molecule has 4 nitrogen and oxygen atoms in total. The van der Waals surface area contributed by atoms with Gasteiger partial charge in [0.25, 0.3) is 0 Å². The standard InChI is InChI=1S/C12H21NO3S/c1-4-13(8-9(2)10(14)15)11(16)12(3)6-5-7-17-12/h9H,4-8H2,1-3H3,(H,14,15). The molecule has 0 radical (unpaired) electrons. The summed E-state index contributed by atoms with van der Waals surface area (Å²) < 4.78 is -0.339. The predicted octanol–water partition coefficient (Wildman–Crippen LogP) is 1.84. The van der Waals surface area contributed by atoms with Crippen molar-refractivity contribution in [2.75, 3.05) is 18.8 Å². The van der Waals surface area contributed by atoms with E-state index in [0.29, 0.717) is 13.1 Å². The third-order valence-electron chi connectivity index (χ3n) is 3.26. The van der Waals surface area contributed by atoms with Gasteiger partial charge < -0.3 is 10.0 Å². The molecule has 1 N–H and O–H groups in total. The van der Waals surface area contributed by atoms with Crippen LogP contribution in [0.1, 0.15) is 33.6 Å². The number of carboxylic acid groups (broad SMARTS) is 1. The molecule has 0 aliphatic carbocycles. The Hall–Kier alpha value is -0.710. The van der Waals surface area contributed by atoms with E-state index in [9.17, 15) is 9.59 Å². The van der Waals surface area contributed by atoms with Crippen LogP contribution < -0.4 is 0 Å². The van der Waals surface area contributed by atoms with Crippen molar-refractivity contribution < 1.29 is 14.7 Å². The van der Waals surface area contributed by atoms with Crippen LogP contribution in [-0.2, 0) is 9.59 Å². The van der Waals surface area contributed by atoms with Gasteiger partial charge in [-0.2, -0.15) is 0 Å². The zero-order chi connectivity index (χ0) is 13.1. The summed E-state index contributed by atoms with van der Waals surface area (Å²) in [5, 5.41) is 8.89. The van der Waals surface area contributed by atoms with Crippen molar-refractivity contribution in [2.24, 2.45) is 5.92 Å². The van der Waals surface area contributed by atoms with E-state index in [1.807, 2.05) is 13.8 Å². The number of hydrogen-bond donors (Lipinski definition) is 1. The molecule has 98 valence electrons. The van der Waals surface area contributed by atoms with Crippen molar-refractivity contribution in [2.45, 2.75) is 38.4 Å². The van der Waals surface area contributed by atoms with E-state index in [1.54, 1.807) is 23.6 Å². The van der Waals surface area contributed by atoms with Gasteiger partial charge in [-0.3, -0.25) is 9.59 Å². The average Bonchev–Trinajstić information content (AvgIpc) is 2.72. The Labute approximate surface area is 107 Å². The van der Waals surface area contributed by atoms with Crippen molar-refractivity contribution in [1.29, 1.82) is 0 Å². The summed E-state index contributed by atoms with van der Waals surface area (Å²) in [4.78, 5) is 24.9. The fourth-order valence-corrected chi connectivity index (χ4v) is 3.33. The van der Waals surface area contributed by atoms with E-state index in [2.05, 4.69) is 0 Å². The smallest absolute Gasteiger partial charge is 0.308 e. The summed E-state index contributed by atoms with van der Waals surface area (Å²) >= 11 is 1.69. The van der Waals surface area contributed by atoms with Crippen LogP contribution in [0.4, 0.5) is 0 Å². The maximum Gasteiger partial charge on any atom is 0.308 e. The highest BCUT2D eigenvalue weighted by Crippen LogP contribution is 2.39. The van der Waals surface area contributed by atoms with Gasteiger partial charge in [-0.05, 0) is 32.4 Å². The Morgan fingerprint density at radius 3 is 2.59 bits per heavy atom. The summed E-state index contributed by atoms with van der Waals surface area (Å²) in [7, 11) is 0. The van der Waals surface area contributed by atoms with Gasteiger partial charge in [0.05, 0.1) is 10.7 Å². The normalized spacial score (nSPS) is 25.6. The quantitative estimate of drug-likeness (QED) is 0.818. The summed E-state index contributed by atoms with van der Waals surface area (Å²) in [5.41, 5.74) is 0. The first-order valence-electron chi connectivity index (χ1n) is 6.07. The Bertz CT molecular complexity index is 300. The SMILES string of the molecule is CCN(CC(C)C(=O)O)C(=O)C1(C)CCCS1. The summed E-state index contributed by atoms with van der Waals surface area (Å²) in [6, 6.07) is 0. The summed E-state index contributed by atoms with van der Waals surface area (Å²) in [5.74, 6) is -0.237. The first kappa shape index (κ1) is 14.4. The number of amides is 1. The number of aliphatic carboxylic acids is 1. The highest BCUT2D eigenvalue weighted by molar-refractivity contribution is 8.01. The number of carbonyl (C=O) groups is 2. The zero-order valence-electron chi connectivity index (χ0n) is 10.7. The lowest BCUT2D eigenvalue weighted by Crippen LogP contribution is -2.46. The third kappa shape index (κ3) is 3.37. The molecule has 1 aliphatic rings. The molecule has 5 heteroatoms. The van der Waals surface area contributed by atoms with Crippen LogP contribution in [0.15, 0.2) is 0 Å². The van der Waals surface area contributed by atoms with Crippen LogP contribution in [0, 0.1) is 5.92 Å². The average molecular weight is 259 g/mol. The predicted molar refractivity (Wildman–Crippen MR) is 69.2 cm³/mol. The molecule has 1 heterocycles. The van der Waals surface area contributed by atoms with Gasteiger partial charge in [0.2, 0.25) is 5.91 Å². The highest BCUT2D eigenvalue weighted by atomic mass is 32.2. The molecule has 1 rings (SSSR count). The Morgan fingerprint density at radius 2 is 2.18 bits per heavy atom. The molecule has 2 unspecified atom stereocenters. The van der Waals surface area contributed by atoms with E-state index in [-0.39, 0.29) is 10.7 Å². The molecule has 2 atom stereocenters. The number of hydrogen-bond acceptors (Lipinski definition) is 3. The van der Waals surface area contributed by atoms with Crippen molar-refractivity contribution in [3.05, 3.63) is 0 Å². The second-order valence-corrected chi connectivity index (χ2v) is 6.36. The maximum absolute atomic E-state index is 12.4. The Kier molecular flexibility index (Phi) is 4.86. The van der Waals surface area contributed by atoms with Crippen LogP contribution in [-0.4, -0.2) is 45.5 Å². The van der Waals surface area contributed by atoms with Crippen molar-refractivity contribution >= 4 is 23.6 Å². The molecule has 1 saturated heterocycles. The lowest BCUT2D eigenvalue weighted by atomic mass is 10.0. The molecule has 0 bridgehead atoms. The third-order valence-corrected chi connectivity index (χ3v) is 4.76. The summed E-state index contributed by atoms with van der Waals surface area (Å²) in [6.07, 6.45) is 1.97. The van der Waals surface area contributed by atoms with E-state index in [4.69, 9.17) is 5.11 Å². The van der Waals surface area contributed by atoms with Crippen LogP contribution >= 0.6 is 11.8 Å². The first-order valence-corrected chi connectivity index (χ1v) is 7.05. The fraction of sp³-hybridized carbons (Fsp3) is 0.833. The topological polar surface area (TPSA) is 57.6 Å². The molecule has 0 saturated carbocycles. The molecular formula is C12H21NO3S. The van der Waals surface area contributed by atoms with Crippen LogP contribution in [0.2, 0.25) is 0 Å². The number of rotatable bonds is 5. The monoisotopic (exact) mass is 259 g/mol. The fourth-order valence-electron chi connectivity index (χ4n) is 2.05. The zero-order valence-corrected chi connectivity index (χ0v) is 11.5. The van der Waals surface area contributed by atoms with E-state index < -0.39 is 11.9 Å². The van der Waals surface area contributed by atoms with Gasteiger partial charge in [-0.1, -0.05) is 6.92 Å². The molecule has 1 fully saturated rings. The highest BCUT2D eigenvalue weighted by Gasteiger charge is 2.40. The number of carbonyl (C=O) groups excluding carboxylic acids is 1. The molecule has 1 amide bonds. The molecule has 1 aliphatic heterocycles. The number of thioether (sulfide) groups is 1. The van der Waals surface area contributed by atoms with Gasteiger partial charge in [0, 0.05) is 13.1 Å². The Balaban J connectivity index is 2.67. The minimum Gasteiger partial charge on any atom is -0.481 e. The van der Waals surface area contributed by atoms with E-state index >= 15 is 0 Å². The van der Waals surface area contributed by atoms with Crippen LogP contribution in [0.25, 0.3) is 0 Å². The van der Waals surface area contributed by atoms with Crippen LogP contribution in [0.3, 0.4) is 0 Å². The van der Waals surface area contributed by atoms with Crippen LogP contribution in [0.5, 0.6) is 0 Å². The number of nitrogens with zero attached hydrogens (tertiary/aromatic N) is 1. The molecule has 17 heavy (non-hydrogen) atoms. The lowest BCUT2D eigenvalue weighted by Gasteiger charge is -2.31. The minimum absolute atomic E-state index is 0.0931. The van der Waals surface area contributed by atoms with Crippen molar-refractivity contribution in [1.82, 2.24) is 4.90 Å². The summed E-state index contributed by atoms with van der Waals surface area (Å²) in [6.45, 7) is 6.40. The lowest BCUT2D eigenvalue weighted by molar-refractivity contribution is -0.143. The van der Waals surface area contributed by atoms with Crippen molar-refractivity contribution in [3.8, 4) is 0 Å². The molecule has 0 spiro atoms. The number of carboxylic acids is 1. The van der Waals surface area contributed by atoms with Gasteiger partial charge in [0.15, 0.2) is 0 Å².